The average molecular weight is 328 g/mol. The van der Waals surface area contributed by atoms with Crippen LogP contribution in [0.15, 0.2) is 4.99 Å². The highest BCUT2D eigenvalue weighted by Crippen LogP contribution is 2.16. The predicted octanol–water partition coefficient (Wildman–Crippen LogP) is 0.542. The Morgan fingerprint density at radius 3 is 2.91 bits per heavy atom. The first-order valence-electron chi connectivity index (χ1n) is 8.05. The Morgan fingerprint density at radius 2 is 2.27 bits per heavy atom. The topological polar surface area (TPSA) is 66.0 Å². The fourth-order valence-electron chi connectivity index (χ4n) is 2.47. The van der Waals surface area contributed by atoms with E-state index in [0.717, 1.165) is 37.9 Å². The van der Waals surface area contributed by atoms with Crippen molar-refractivity contribution in [3.8, 4) is 0 Å². The van der Waals surface area contributed by atoms with Gasteiger partial charge < -0.3 is 20.3 Å². The summed E-state index contributed by atoms with van der Waals surface area (Å²) in [7, 11) is 3.51. The van der Waals surface area contributed by atoms with Crippen LogP contribution in [0, 0.1) is 5.92 Å². The zero-order chi connectivity index (χ0) is 15.8. The molecule has 2 aliphatic heterocycles. The zero-order valence-corrected chi connectivity index (χ0v) is 14.5. The molecule has 22 heavy (non-hydrogen) atoms. The molecule has 2 atom stereocenters. The fraction of sp³-hybridized carbons (Fsp3) is 0.867. The summed E-state index contributed by atoms with van der Waals surface area (Å²) in [6, 6.07) is 0.444. The largest absolute Gasteiger partial charge is 0.381 e. The summed E-state index contributed by atoms with van der Waals surface area (Å²) in [6.07, 6.45) is 3.50. The van der Waals surface area contributed by atoms with Crippen molar-refractivity contribution in [2.75, 3.05) is 51.9 Å². The molecule has 2 aliphatic rings. The number of carbonyl (C=O) groups excluding carboxylic acids is 1. The summed E-state index contributed by atoms with van der Waals surface area (Å²) in [6.45, 7) is 2.70. The third kappa shape index (κ3) is 6.04. The van der Waals surface area contributed by atoms with Crippen molar-refractivity contribution in [3.05, 3.63) is 0 Å². The third-order valence-corrected chi connectivity index (χ3v) is 5.17. The summed E-state index contributed by atoms with van der Waals surface area (Å²) in [5, 5.41) is 6.86. The first-order chi connectivity index (χ1) is 10.6. The molecule has 2 rings (SSSR count). The lowest BCUT2D eigenvalue weighted by atomic mass is 10.1. The standard InChI is InChI=1S/C15H28N4O2S/c1-19(2)14(20)9-17-15(16-8-12-5-6-21-10-12)18-13-4-3-7-22-11-13/h12-13H,3-11H2,1-2H3,(H2,16,17,18). The Hall–Kier alpha value is -0.950. The Morgan fingerprint density at radius 1 is 1.41 bits per heavy atom. The van der Waals surface area contributed by atoms with Crippen LogP contribution < -0.4 is 10.6 Å². The highest BCUT2D eigenvalue weighted by Gasteiger charge is 2.18. The van der Waals surface area contributed by atoms with Gasteiger partial charge in [0.05, 0.1) is 6.61 Å². The van der Waals surface area contributed by atoms with E-state index < -0.39 is 0 Å². The van der Waals surface area contributed by atoms with E-state index in [0.29, 0.717) is 12.0 Å². The van der Waals surface area contributed by atoms with E-state index in [-0.39, 0.29) is 12.5 Å². The number of aliphatic imine (C=N–C) groups is 1. The quantitative estimate of drug-likeness (QED) is 0.570. The van der Waals surface area contributed by atoms with E-state index in [1.807, 2.05) is 11.8 Å². The Bertz CT molecular complexity index is 378. The molecule has 0 radical (unpaired) electrons. The van der Waals surface area contributed by atoms with Crippen molar-refractivity contribution in [2.24, 2.45) is 10.9 Å². The van der Waals surface area contributed by atoms with Crippen molar-refractivity contribution >= 4 is 23.6 Å². The fourth-order valence-corrected chi connectivity index (χ4v) is 3.55. The second kappa shape index (κ2) is 9.25. The lowest BCUT2D eigenvalue weighted by Crippen LogP contribution is -2.47. The summed E-state index contributed by atoms with van der Waals surface area (Å²) < 4.78 is 5.40. The van der Waals surface area contributed by atoms with Gasteiger partial charge in [-0.15, -0.1) is 0 Å². The van der Waals surface area contributed by atoms with Gasteiger partial charge >= 0.3 is 0 Å². The van der Waals surface area contributed by atoms with Gasteiger partial charge in [-0.05, 0) is 25.0 Å². The molecule has 0 spiro atoms. The predicted molar refractivity (Wildman–Crippen MR) is 91.4 cm³/mol. The normalized spacial score (nSPS) is 25.8. The van der Waals surface area contributed by atoms with Crippen LogP contribution in [-0.2, 0) is 9.53 Å². The maximum absolute atomic E-state index is 11.7. The van der Waals surface area contributed by atoms with Crippen molar-refractivity contribution in [1.82, 2.24) is 15.5 Å². The summed E-state index contributed by atoms with van der Waals surface area (Å²) >= 11 is 1.98. The highest BCUT2D eigenvalue weighted by atomic mass is 32.2. The second-order valence-corrected chi connectivity index (χ2v) is 7.27. The van der Waals surface area contributed by atoms with Gasteiger partial charge in [0.2, 0.25) is 5.91 Å². The monoisotopic (exact) mass is 328 g/mol. The van der Waals surface area contributed by atoms with Gasteiger partial charge in [0.1, 0.15) is 6.54 Å². The molecule has 6 nitrogen and oxygen atoms in total. The molecule has 2 unspecified atom stereocenters. The van der Waals surface area contributed by atoms with Crippen molar-refractivity contribution in [1.29, 1.82) is 0 Å². The Kier molecular flexibility index (Phi) is 7.32. The molecule has 2 fully saturated rings. The van der Waals surface area contributed by atoms with Crippen LogP contribution in [0.1, 0.15) is 19.3 Å². The van der Waals surface area contributed by atoms with Crippen LogP contribution in [0.5, 0.6) is 0 Å². The summed E-state index contributed by atoms with van der Waals surface area (Å²) in [5.74, 6) is 3.67. The number of amides is 1. The molecular weight excluding hydrogens is 300 g/mol. The van der Waals surface area contributed by atoms with Crippen molar-refractivity contribution in [2.45, 2.75) is 25.3 Å². The molecule has 126 valence electrons. The number of hydrogen-bond donors (Lipinski definition) is 2. The van der Waals surface area contributed by atoms with Crippen LogP contribution in [0.3, 0.4) is 0 Å². The first-order valence-corrected chi connectivity index (χ1v) is 9.21. The van der Waals surface area contributed by atoms with E-state index in [2.05, 4.69) is 15.6 Å². The van der Waals surface area contributed by atoms with E-state index >= 15 is 0 Å². The zero-order valence-electron chi connectivity index (χ0n) is 13.6. The molecule has 2 heterocycles. The second-order valence-electron chi connectivity index (χ2n) is 6.12. The molecule has 2 saturated heterocycles. The number of likely N-dealkylation sites (N-methyl/N-ethyl adjacent to an activating group) is 1. The molecule has 0 saturated carbocycles. The van der Waals surface area contributed by atoms with Gasteiger partial charge in [0, 0.05) is 45.0 Å². The van der Waals surface area contributed by atoms with Gasteiger partial charge in [-0.3, -0.25) is 4.79 Å². The lowest BCUT2D eigenvalue weighted by Gasteiger charge is -2.25. The van der Waals surface area contributed by atoms with E-state index in [1.165, 1.54) is 18.6 Å². The van der Waals surface area contributed by atoms with E-state index in [9.17, 15) is 4.79 Å². The molecule has 0 aromatic heterocycles. The molecule has 0 bridgehead atoms. The summed E-state index contributed by atoms with van der Waals surface area (Å²) in [5.41, 5.74) is 0. The van der Waals surface area contributed by atoms with Gasteiger partial charge in [-0.25, -0.2) is 4.99 Å². The molecular formula is C15H28N4O2S. The molecule has 7 heteroatoms. The molecule has 0 aliphatic carbocycles. The number of ether oxygens (including phenoxy) is 1. The Labute approximate surface area is 137 Å². The SMILES string of the molecule is CN(C)C(=O)CN=C(NCC1CCOC1)NC1CCCSC1. The number of hydrogen-bond acceptors (Lipinski definition) is 4. The minimum absolute atomic E-state index is 0.0170. The van der Waals surface area contributed by atoms with E-state index in [4.69, 9.17) is 4.74 Å². The smallest absolute Gasteiger partial charge is 0.243 e. The lowest BCUT2D eigenvalue weighted by molar-refractivity contribution is -0.127. The molecule has 1 amide bonds. The van der Waals surface area contributed by atoms with Crippen LogP contribution >= 0.6 is 11.8 Å². The van der Waals surface area contributed by atoms with Gasteiger partial charge in [0.15, 0.2) is 5.96 Å². The maximum Gasteiger partial charge on any atom is 0.243 e. The number of guanidine groups is 1. The first kappa shape index (κ1) is 17.4. The van der Waals surface area contributed by atoms with Crippen molar-refractivity contribution < 1.29 is 9.53 Å². The number of rotatable bonds is 5. The molecule has 0 aromatic carbocycles. The van der Waals surface area contributed by atoms with Crippen LogP contribution in [0.2, 0.25) is 0 Å². The third-order valence-electron chi connectivity index (χ3n) is 3.95. The van der Waals surface area contributed by atoms with Gasteiger partial charge in [-0.1, -0.05) is 0 Å². The summed E-state index contributed by atoms with van der Waals surface area (Å²) in [4.78, 5) is 17.8. The number of carbonyl (C=O) groups is 1. The maximum atomic E-state index is 11.7. The molecule has 0 aromatic rings. The number of nitrogens with zero attached hydrogens (tertiary/aromatic N) is 2. The highest BCUT2D eigenvalue weighted by molar-refractivity contribution is 7.99. The Balaban J connectivity index is 1.86. The minimum atomic E-state index is 0.0170. The van der Waals surface area contributed by atoms with Crippen LogP contribution in [0.25, 0.3) is 0 Å². The minimum Gasteiger partial charge on any atom is -0.381 e. The van der Waals surface area contributed by atoms with Gasteiger partial charge in [0.25, 0.3) is 0 Å². The van der Waals surface area contributed by atoms with Gasteiger partial charge in [-0.2, -0.15) is 11.8 Å². The number of thioether (sulfide) groups is 1. The van der Waals surface area contributed by atoms with E-state index in [1.54, 1.807) is 19.0 Å². The van der Waals surface area contributed by atoms with Crippen LogP contribution in [0.4, 0.5) is 0 Å². The number of nitrogens with one attached hydrogen (secondary N) is 2. The average Bonchev–Trinajstić information content (AvgIpc) is 3.04. The van der Waals surface area contributed by atoms with Crippen molar-refractivity contribution in [3.63, 3.8) is 0 Å². The molecule has 2 N–H and O–H groups in total. The van der Waals surface area contributed by atoms with Crippen LogP contribution in [-0.4, -0.2) is 74.7 Å².